The molecule has 4 aromatic rings. The van der Waals surface area contributed by atoms with Gasteiger partial charge in [0, 0.05) is 10.0 Å². The number of benzene rings is 3. The molecule has 0 N–H and O–H groups in total. The van der Waals surface area contributed by atoms with Gasteiger partial charge in [0.25, 0.3) is 5.56 Å². The van der Waals surface area contributed by atoms with Gasteiger partial charge in [-0.15, -0.1) is 0 Å². The molecular weight excluding hydrogens is 611 g/mol. The summed E-state index contributed by atoms with van der Waals surface area (Å²) in [5.74, 6) is 1.57. The van der Waals surface area contributed by atoms with Gasteiger partial charge in [-0.1, -0.05) is 34.1 Å². The van der Waals surface area contributed by atoms with Crippen LogP contribution in [0.2, 0.25) is 0 Å². The average Bonchev–Trinajstić information content (AvgIpc) is 2.83. The van der Waals surface area contributed by atoms with Crippen LogP contribution in [0.4, 0.5) is 0 Å². The Kier molecular flexibility index (Phi) is 7.29. The lowest BCUT2D eigenvalue weighted by atomic mass is 10.1. The molecule has 0 atom stereocenters. The molecule has 7 nitrogen and oxygen atoms in total. The van der Waals surface area contributed by atoms with Crippen LogP contribution in [0.25, 0.3) is 10.9 Å². The second-order valence-electron chi connectivity index (χ2n) is 7.27. The van der Waals surface area contributed by atoms with Crippen LogP contribution in [0.5, 0.6) is 11.5 Å². The van der Waals surface area contributed by atoms with E-state index in [0.717, 1.165) is 19.2 Å². The molecular formula is C25H18BrIN4O3. The SMILES string of the molecule is COc1cc(C=Nn2c(C)nc3ccc(Br)cc3c2=O)cc(I)c1OCc1ccccc1C#N. The zero-order valence-electron chi connectivity index (χ0n) is 18.3. The van der Waals surface area contributed by atoms with Crippen LogP contribution in [0.15, 0.2) is 69.0 Å². The van der Waals surface area contributed by atoms with Gasteiger partial charge in [-0.2, -0.15) is 15.0 Å². The Morgan fingerprint density at radius 3 is 2.79 bits per heavy atom. The highest BCUT2D eigenvalue weighted by molar-refractivity contribution is 14.1. The molecule has 0 aliphatic rings. The molecule has 0 amide bonds. The second kappa shape index (κ2) is 10.4. The van der Waals surface area contributed by atoms with Gasteiger partial charge in [-0.05, 0) is 71.5 Å². The summed E-state index contributed by atoms with van der Waals surface area (Å²) in [5.41, 5.74) is 2.45. The number of nitriles is 1. The summed E-state index contributed by atoms with van der Waals surface area (Å²) in [6.45, 7) is 1.97. The maximum absolute atomic E-state index is 13.0. The largest absolute Gasteiger partial charge is 0.493 e. The zero-order chi connectivity index (χ0) is 24.2. The number of nitrogens with zero attached hydrogens (tertiary/aromatic N) is 4. The number of aromatic nitrogens is 2. The first-order chi connectivity index (χ1) is 16.4. The number of methoxy groups -OCH3 is 1. The topological polar surface area (TPSA) is 89.5 Å². The van der Waals surface area contributed by atoms with E-state index in [-0.39, 0.29) is 12.2 Å². The molecule has 0 spiro atoms. The van der Waals surface area contributed by atoms with Crippen molar-refractivity contribution in [2.45, 2.75) is 13.5 Å². The predicted octanol–water partition coefficient (Wildman–Crippen LogP) is 5.41. The van der Waals surface area contributed by atoms with Crippen molar-refractivity contribution in [2.75, 3.05) is 7.11 Å². The Labute approximate surface area is 217 Å². The number of fused-ring (bicyclic) bond motifs is 1. The lowest BCUT2D eigenvalue weighted by Gasteiger charge is -2.14. The summed E-state index contributed by atoms with van der Waals surface area (Å²) < 4.78 is 14.4. The van der Waals surface area contributed by atoms with Gasteiger partial charge < -0.3 is 9.47 Å². The first-order valence-electron chi connectivity index (χ1n) is 10.1. The van der Waals surface area contributed by atoms with Gasteiger partial charge >= 0.3 is 0 Å². The van der Waals surface area contributed by atoms with E-state index in [1.54, 1.807) is 44.5 Å². The normalized spacial score (nSPS) is 11.0. The minimum Gasteiger partial charge on any atom is -0.493 e. The lowest BCUT2D eigenvalue weighted by Crippen LogP contribution is -2.20. The monoisotopic (exact) mass is 628 g/mol. The molecule has 0 bridgehead atoms. The van der Waals surface area contributed by atoms with Crippen molar-refractivity contribution in [1.82, 2.24) is 9.66 Å². The highest BCUT2D eigenvalue weighted by Gasteiger charge is 2.13. The van der Waals surface area contributed by atoms with E-state index in [2.05, 4.69) is 54.7 Å². The Morgan fingerprint density at radius 1 is 1.24 bits per heavy atom. The van der Waals surface area contributed by atoms with Crippen LogP contribution in [0.3, 0.4) is 0 Å². The van der Waals surface area contributed by atoms with Crippen molar-refractivity contribution < 1.29 is 9.47 Å². The number of ether oxygens (including phenoxy) is 2. The van der Waals surface area contributed by atoms with E-state index in [1.165, 1.54) is 4.68 Å². The molecule has 0 saturated heterocycles. The summed E-state index contributed by atoms with van der Waals surface area (Å²) in [4.78, 5) is 17.4. The smallest absolute Gasteiger partial charge is 0.282 e. The van der Waals surface area contributed by atoms with Crippen LogP contribution in [0, 0.1) is 21.8 Å². The third-order valence-corrected chi connectivity index (χ3v) is 6.35. The van der Waals surface area contributed by atoms with Gasteiger partial charge in [0.05, 0.1) is 39.4 Å². The quantitative estimate of drug-likeness (QED) is 0.210. The Bertz CT molecular complexity index is 1530. The van der Waals surface area contributed by atoms with Crippen molar-refractivity contribution in [3.8, 4) is 17.6 Å². The molecule has 34 heavy (non-hydrogen) atoms. The van der Waals surface area contributed by atoms with Crippen molar-refractivity contribution in [3.05, 3.63) is 95.5 Å². The number of rotatable bonds is 6. The third-order valence-electron chi connectivity index (χ3n) is 5.05. The number of halogens is 2. The van der Waals surface area contributed by atoms with Crippen LogP contribution < -0.4 is 15.0 Å². The summed E-state index contributed by atoms with van der Waals surface area (Å²) in [5, 5.41) is 14.2. The van der Waals surface area contributed by atoms with Crippen LogP contribution >= 0.6 is 38.5 Å². The van der Waals surface area contributed by atoms with Crippen molar-refractivity contribution in [1.29, 1.82) is 5.26 Å². The first kappa shape index (κ1) is 23.9. The first-order valence-corrected chi connectivity index (χ1v) is 12.0. The average molecular weight is 629 g/mol. The summed E-state index contributed by atoms with van der Waals surface area (Å²) in [7, 11) is 1.56. The minimum atomic E-state index is -0.252. The maximum Gasteiger partial charge on any atom is 0.282 e. The van der Waals surface area contributed by atoms with E-state index in [4.69, 9.17) is 9.47 Å². The summed E-state index contributed by atoms with van der Waals surface area (Å²) in [6, 6.07) is 18.5. The molecule has 0 saturated carbocycles. The number of aryl methyl sites for hydroxylation is 1. The fraction of sp³-hybridized carbons (Fsp3) is 0.120. The second-order valence-corrected chi connectivity index (χ2v) is 9.35. The molecule has 170 valence electrons. The molecule has 3 aromatic carbocycles. The van der Waals surface area contributed by atoms with Gasteiger partial charge in [-0.3, -0.25) is 4.79 Å². The lowest BCUT2D eigenvalue weighted by molar-refractivity contribution is 0.282. The maximum atomic E-state index is 13.0. The molecule has 4 rings (SSSR count). The predicted molar refractivity (Wildman–Crippen MR) is 143 cm³/mol. The van der Waals surface area contributed by atoms with Crippen molar-refractivity contribution >= 4 is 55.6 Å². The molecule has 9 heteroatoms. The van der Waals surface area contributed by atoms with Gasteiger partial charge in [-0.25, -0.2) is 4.98 Å². The zero-order valence-corrected chi connectivity index (χ0v) is 22.0. The van der Waals surface area contributed by atoms with Crippen molar-refractivity contribution in [2.24, 2.45) is 5.10 Å². The van der Waals surface area contributed by atoms with Crippen molar-refractivity contribution in [3.63, 3.8) is 0 Å². The van der Waals surface area contributed by atoms with Gasteiger partial charge in [0.2, 0.25) is 0 Å². The number of hydrogen-bond donors (Lipinski definition) is 0. The van der Waals surface area contributed by atoms with Gasteiger partial charge in [0.1, 0.15) is 12.4 Å². The third kappa shape index (κ3) is 4.98. The van der Waals surface area contributed by atoms with Crippen LogP contribution in [0.1, 0.15) is 22.5 Å². The molecule has 0 radical (unpaired) electrons. The summed E-state index contributed by atoms with van der Waals surface area (Å²) in [6.07, 6.45) is 1.58. The standard InChI is InChI=1S/C25H18BrIN4O3/c1-15-30-22-8-7-19(26)11-20(22)25(32)31(15)29-13-16-9-21(27)24(23(10-16)33-2)34-14-18-6-4-3-5-17(18)12-28/h3-11,13H,14H2,1-2H3. The van der Waals surface area contributed by atoms with E-state index in [0.29, 0.717) is 33.8 Å². The highest BCUT2D eigenvalue weighted by Crippen LogP contribution is 2.34. The Morgan fingerprint density at radius 2 is 2.03 bits per heavy atom. The Hall–Kier alpha value is -3.23. The van der Waals surface area contributed by atoms with Crippen LogP contribution in [-0.2, 0) is 6.61 Å². The van der Waals surface area contributed by atoms with Gasteiger partial charge in [0.15, 0.2) is 11.5 Å². The minimum absolute atomic E-state index is 0.233. The number of hydrogen-bond acceptors (Lipinski definition) is 6. The highest BCUT2D eigenvalue weighted by atomic mass is 127. The molecule has 1 heterocycles. The fourth-order valence-corrected chi connectivity index (χ4v) is 4.52. The van der Waals surface area contributed by atoms with E-state index in [1.807, 2.05) is 30.3 Å². The molecule has 1 aromatic heterocycles. The van der Waals surface area contributed by atoms with Crippen LogP contribution in [-0.4, -0.2) is 23.0 Å². The van der Waals surface area contributed by atoms with E-state index < -0.39 is 0 Å². The molecule has 0 aliphatic carbocycles. The summed E-state index contributed by atoms with van der Waals surface area (Å²) >= 11 is 5.56. The molecule has 0 unspecified atom stereocenters. The Balaban J connectivity index is 1.65. The molecule has 0 fully saturated rings. The van der Waals surface area contributed by atoms with E-state index >= 15 is 0 Å². The molecule has 0 aliphatic heterocycles. The van der Waals surface area contributed by atoms with E-state index in [9.17, 15) is 10.1 Å². The fourth-order valence-electron chi connectivity index (χ4n) is 3.38.